The third-order valence-corrected chi connectivity index (χ3v) is 4.59. The molecular formula is C21H21N3O. The van der Waals surface area contributed by atoms with Crippen molar-refractivity contribution < 1.29 is 4.79 Å². The van der Waals surface area contributed by atoms with Crippen LogP contribution in [0.3, 0.4) is 0 Å². The lowest BCUT2D eigenvalue weighted by molar-refractivity contribution is -0.116. The smallest absolute Gasteiger partial charge is 0.244 e. The molecule has 2 heterocycles. The van der Waals surface area contributed by atoms with E-state index >= 15 is 0 Å². The second kappa shape index (κ2) is 6.13. The van der Waals surface area contributed by atoms with Gasteiger partial charge in [0.1, 0.15) is 6.54 Å². The van der Waals surface area contributed by atoms with Crippen molar-refractivity contribution in [2.24, 2.45) is 0 Å². The molecule has 4 aromatic rings. The Labute approximate surface area is 146 Å². The third kappa shape index (κ3) is 2.80. The van der Waals surface area contributed by atoms with Crippen LogP contribution in [-0.2, 0) is 11.3 Å². The number of anilines is 1. The van der Waals surface area contributed by atoms with E-state index in [0.717, 1.165) is 27.5 Å². The minimum Gasteiger partial charge on any atom is -0.345 e. The van der Waals surface area contributed by atoms with Crippen molar-refractivity contribution in [1.29, 1.82) is 0 Å². The molecule has 4 nitrogen and oxygen atoms in total. The Kier molecular flexibility index (Phi) is 3.80. The summed E-state index contributed by atoms with van der Waals surface area (Å²) < 4.78 is 4.19. The fraction of sp³-hybridized carbons (Fsp3) is 0.190. The standard InChI is InChI=1S/C21H21N3O/c1-15(2)24-13-11-17-18(7-5-9-20(17)24)22-21(25)14-23-12-10-16-6-3-4-8-19(16)23/h3-13,15H,14H2,1-2H3,(H,22,25). The lowest BCUT2D eigenvalue weighted by atomic mass is 10.2. The molecular weight excluding hydrogens is 310 g/mol. The Bertz CT molecular complexity index is 1060. The fourth-order valence-corrected chi connectivity index (χ4v) is 3.37. The molecule has 126 valence electrons. The highest BCUT2D eigenvalue weighted by Gasteiger charge is 2.11. The molecule has 0 aliphatic heterocycles. The minimum absolute atomic E-state index is 0.0221. The van der Waals surface area contributed by atoms with Crippen LogP contribution in [0, 0.1) is 0 Å². The highest BCUT2D eigenvalue weighted by Crippen LogP contribution is 2.27. The zero-order chi connectivity index (χ0) is 17.4. The third-order valence-electron chi connectivity index (χ3n) is 4.59. The van der Waals surface area contributed by atoms with E-state index in [1.807, 2.05) is 47.2 Å². The molecule has 0 aliphatic rings. The molecule has 0 bridgehead atoms. The van der Waals surface area contributed by atoms with Gasteiger partial charge in [0.25, 0.3) is 0 Å². The number of aromatic nitrogens is 2. The first-order chi connectivity index (χ1) is 12.1. The molecule has 0 aliphatic carbocycles. The van der Waals surface area contributed by atoms with E-state index in [0.29, 0.717) is 12.6 Å². The number of amides is 1. The molecule has 0 unspecified atom stereocenters. The maximum atomic E-state index is 12.6. The number of benzene rings is 2. The van der Waals surface area contributed by atoms with Gasteiger partial charge in [0, 0.05) is 29.3 Å². The highest BCUT2D eigenvalue weighted by atomic mass is 16.1. The number of carbonyl (C=O) groups is 1. The first-order valence-corrected chi connectivity index (χ1v) is 8.57. The van der Waals surface area contributed by atoms with Crippen LogP contribution in [-0.4, -0.2) is 15.0 Å². The number of nitrogens with one attached hydrogen (secondary N) is 1. The minimum atomic E-state index is -0.0221. The molecule has 4 rings (SSSR count). The van der Waals surface area contributed by atoms with Crippen LogP contribution in [0.4, 0.5) is 5.69 Å². The topological polar surface area (TPSA) is 39.0 Å². The number of nitrogens with zero attached hydrogens (tertiary/aromatic N) is 2. The van der Waals surface area contributed by atoms with Crippen molar-refractivity contribution in [3.63, 3.8) is 0 Å². The van der Waals surface area contributed by atoms with Gasteiger partial charge in [-0.2, -0.15) is 0 Å². The van der Waals surface area contributed by atoms with E-state index in [1.54, 1.807) is 0 Å². The van der Waals surface area contributed by atoms with Crippen LogP contribution in [0.5, 0.6) is 0 Å². The molecule has 2 aromatic heterocycles. The van der Waals surface area contributed by atoms with Crippen LogP contribution in [0.2, 0.25) is 0 Å². The second-order valence-corrected chi connectivity index (χ2v) is 6.61. The highest BCUT2D eigenvalue weighted by molar-refractivity contribution is 6.01. The molecule has 0 saturated heterocycles. The van der Waals surface area contributed by atoms with E-state index in [2.05, 4.69) is 48.1 Å². The largest absolute Gasteiger partial charge is 0.345 e. The zero-order valence-electron chi connectivity index (χ0n) is 14.4. The van der Waals surface area contributed by atoms with Gasteiger partial charge in [-0.05, 0) is 49.6 Å². The molecule has 1 amide bonds. The molecule has 0 radical (unpaired) electrons. The predicted octanol–water partition coefficient (Wildman–Crippen LogP) is 4.82. The lowest BCUT2D eigenvalue weighted by Gasteiger charge is -2.11. The van der Waals surface area contributed by atoms with E-state index in [4.69, 9.17) is 0 Å². The zero-order valence-corrected chi connectivity index (χ0v) is 14.4. The van der Waals surface area contributed by atoms with E-state index in [9.17, 15) is 4.79 Å². The van der Waals surface area contributed by atoms with Crippen molar-refractivity contribution in [2.45, 2.75) is 26.4 Å². The van der Waals surface area contributed by atoms with Crippen LogP contribution < -0.4 is 5.32 Å². The number of hydrogen-bond acceptors (Lipinski definition) is 1. The van der Waals surface area contributed by atoms with Gasteiger partial charge in [-0.3, -0.25) is 4.79 Å². The molecule has 0 fully saturated rings. The normalized spacial score (nSPS) is 11.5. The average molecular weight is 331 g/mol. The van der Waals surface area contributed by atoms with E-state index in [1.165, 1.54) is 0 Å². The van der Waals surface area contributed by atoms with Gasteiger partial charge in [-0.1, -0.05) is 24.3 Å². The average Bonchev–Trinajstić information content (AvgIpc) is 3.20. The SMILES string of the molecule is CC(C)n1ccc2c(NC(=O)Cn3ccc4ccccc43)cccc21. The van der Waals surface area contributed by atoms with Gasteiger partial charge in [0.05, 0.1) is 11.2 Å². The number of rotatable bonds is 4. The maximum Gasteiger partial charge on any atom is 0.244 e. The quantitative estimate of drug-likeness (QED) is 0.572. The van der Waals surface area contributed by atoms with Gasteiger partial charge < -0.3 is 14.5 Å². The molecule has 2 aromatic carbocycles. The molecule has 25 heavy (non-hydrogen) atoms. The summed E-state index contributed by atoms with van der Waals surface area (Å²) in [5.41, 5.74) is 3.07. The first kappa shape index (κ1) is 15.5. The van der Waals surface area contributed by atoms with Crippen LogP contribution in [0.1, 0.15) is 19.9 Å². The van der Waals surface area contributed by atoms with Gasteiger partial charge in [-0.15, -0.1) is 0 Å². The summed E-state index contributed by atoms with van der Waals surface area (Å²) in [5.74, 6) is -0.0221. The molecule has 0 atom stereocenters. The Balaban J connectivity index is 1.60. The summed E-state index contributed by atoms with van der Waals surface area (Å²) in [6.45, 7) is 4.61. The Morgan fingerprint density at radius 3 is 2.60 bits per heavy atom. The number of para-hydroxylation sites is 1. The predicted molar refractivity (Wildman–Crippen MR) is 103 cm³/mol. The molecule has 1 N–H and O–H groups in total. The number of carbonyl (C=O) groups excluding carboxylic acids is 1. The Morgan fingerprint density at radius 1 is 0.960 bits per heavy atom. The number of hydrogen-bond donors (Lipinski definition) is 1. The van der Waals surface area contributed by atoms with Gasteiger partial charge in [0.15, 0.2) is 0 Å². The van der Waals surface area contributed by atoms with E-state index < -0.39 is 0 Å². The summed E-state index contributed by atoms with van der Waals surface area (Å²) >= 11 is 0. The summed E-state index contributed by atoms with van der Waals surface area (Å²) in [6, 6.07) is 18.6. The van der Waals surface area contributed by atoms with Crippen molar-refractivity contribution >= 4 is 33.4 Å². The Morgan fingerprint density at radius 2 is 1.76 bits per heavy atom. The van der Waals surface area contributed by atoms with Gasteiger partial charge in [0.2, 0.25) is 5.91 Å². The van der Waals surface area contributed by atoms with Gasteiger partial charge in [-0.25, -0.2) is 0 Å². The van der Waals surface area contributed by atoms with Crippen molar-refractivity contribution in [3.05, 3.63) is 67.0 Å². The van der Waals surface area contributed by atoms with E-state index in [-0.39, 0.29) is 5.91 Å². The monoisotopic (exact) mass is 331 g/mol. The maximum absolute atomic E-state index is 12.6. The van der Waals surface area contributed by atoms with Crippen molar-refractivity contribution in [1.82, 2.24) is 9.13 Å². The second-order valence-electron chi connectivity index (χ2n) is 6.61. The summed E-state index contributed by atoms with van der Waals surface area (Å²) in [5, 5.41) is 5.28. The lowest BCUT2D eigenvalue weighted by Crippen LogP contribution is -2.18. The van der Waals surface area contributed by atoms with Crippen LogP contribution in [0.15, 0.2) is 67.0 Å². The Hall–Kier alpha value is -3.01. The fourth-order valence-electron chi connectivity index (χ4n) is 3.37. The molecule has 4 heteroatoms. The van der Waals surface area contributed by atoms with Crippen LogP contribution >= 0.6 is 0 Å². The van der Waals surface area contributed by atoms with Crippen molar-refractivity contribution in [3.8, 4) is 0 Å². The number of fused-ring (bicyclic) bond motifs is 2. The van der Waals surface area contributed by atoms with Crippen LogP contribution in [0.25, 0.3) is 21.8 Å². The summed E-state index contributed by atoms with van der Waals surface area (Å²) in [4.78, 5) is 12.6. The molecule has 0 spiro atoms. The van der Waals surface area contributed by atoms with Gasteiger partial charge >= 0.3 is 0 Å². The molecule has 0 saturated carbocycles. The summed E-state index contributed by atoms with van der Waals surface area (Å²) in [6.07, 6.45) is 4.03. The summed E-state index contributed by atoms with van der Waals surface area (Å²) in [7, 11) is 0. The van der Waals surface area contributed by atoms with Crippen molar-refractivity contribution in [2.75, 3.05) is 5.32 Å². The first-order valence-electron chi connectivity index (χ1n) is 8.57.